The number of carbonyl (C=O) groups excluding carboxylic acids is 3. The molecule has 0 saturated heterocycles. The summed E-state index contributed by atoms with van der Waals surface area (Å²) in [6, 6.07) is 6.33. The summed E-state index contributed by atoms with van der Waals surface area (Å²) in [5.74, 6) is -3.07. The SMILES string of the molecule is C=C(C)C(=O)OOC(=O)C(=O)c1ccc(N(C)C)cc1. The Morgan fingerprint density at radius 1 is 1.00 bits per heavy atom. The molecule has 1 rings (SSSR count). The Bertz CT molecular complexity index is 545. The molecule has 0 aliphatic carbocycles. The van der Waals surface area contributed by atoms with Crippen molar-refractivity contribution in [1.29, 1.82) is 0 Å². The smallest absolute Gasteiger partial charge is 0.378 e. The third-order valence-electron chi connectivity index (χ3n) is 2.37. The maximum absolute atomic E-state index is 11.7. The zero-order valence-corrected chi connectivity index (χ0v) is 11.5. The first-order chi connectivity index (χ1) is 9.32. The second kappa shape index (κ2) is 6.51. The van der Waals surface area contributed by atoms with Crippen LogP contribution in [0.3, 0.4) is 0 Å². The molecule has 0 saturated carbocycles. The van der Waals surface area contributed by atoms with Crippen molar-refractivity contribution in [2.45, 2.75) is 6.92 Å². The van der Waals surface area contributed by atoms with Gasteiger partial charge in [-0.15, -0.1) is 0 Å². The fourth-order valence-corrected chi connectivity index (χ4v) is 1.21. The van der Waals surface area contributed by atoms with Crippen LogP contribution >= 0.6 is 0 Å². The molecule has 0 fully saturated rings. The second-order valence-electron chi connectivity index (χ2n) is 4.29. The Labute approximate surface area is 116 Å². The lowest BCUT2D eigenvalue weighted by atomic mass is 10.1. The molecular formula is C14H15NO5. The van der Waals surface area contributed by atoms with Crippen LogP contribution in [0.1, 0.15) is 17.3 Å². The van der Waals surface area contributed by atoms with Crippen LogP contribution < -0.4 is 4.90 Å². The van der Waals surface area contributed by atoms with Gasteiger partial charge >= 0.3 is 11.9 Å². The second-order valence-corrected chi connectivity index (χ2v) is 4.29. The first kappa shape index (κ1) is 15.4. The number of benzene rings is 1. The Morgan fingerprint density at radius 3 is 1.95 bits per heavy atom. The first-order valence-electron chi connectivity index (χ1n) is 5.73. The van der Waals surface area contributed by atoms with Crippen molar-refractivity contribution in [2.24, 2.45) is 0 Å². The van der Waals surface area contributed by atoms with Gasteiger partial charge in [-0.3, -0.25) is 4.79 Å². The van der Waals surface area contributed by atoms with E-state index in [2.05, 4.69) is 16.4 Å². The average molecular weight is 277 g/mol. The van der Waals surface area contributed by atoms with Crippen LogP contribution in [0.25, 0.3) is 0 Å². The van der Waals surface area contributed by atoms with Crippen LogP contribution in [-0.4, -0.2) is 31.8 Å². The lowest BCUT2D eigenvalue weighted by Gasteiger charge is -2.12. The van der Waals surface area contributed by atoms with Gasteiger partial charge in [0, 0.05) is 30.9 Å². The minimum absolute atomic E-state index is 0.0561. The van der Waals surface area contributed by atoms with E-state index in [1.165, 1.54) is 19.1 Å². The Kier molecular flexibility index (Phi) is 5.02. The van der Waals surface area contributed by atoms with Crippen LogP contribution in [0, 0.1) is 0 Å². The van der Waals surface area contributed by atoms with Gasteiger partial charge in [0.25, 0.3) is 5.78 Å². The van der Waals surface area contributed by atoms with Crippen molar-refractivity contribution < 1.29 is 24.2 Å². The molecule has 1 aromatic rings. The van der Waals surface area contributed by atoms with Crippen LogP contribution in [0.2, 0.25) is 0 Å². The number of hydrogen-bond donors (Lipinski definition) is 0. The van der Waals surface area contributed by atoms with Gasteiger partial charge in [-0.25, -0.2) is 19.4 Å². The van der Waals surface area contributed by atoms with Gasteiger partial charge in [0.2, 0.25) is 0 Å². The summed E-state index contributed by atoms with van der Waals surface area (Å²) >= 11 is 0. The number of Topliss-reactive ketones (excluding diaryl/α,β-unsaturated/α-hetero) is 1. The van der Waals surface area contributed by atoms with E-state index in [-0.39, 0.29) is 11.1 Å². The predicted octanol–water partition coefficient (Wildman–Crippen LogP) is 1.51. The van der Waals surface area contributed by atoms with E-state index < -0.39 is 17.7 Å². The maximum atomic E-state index is 11.7. The topological polar surface area (TPSA) is 72.9 Å². The van der Waals surface area contributed by atoms with E-state index in [1.54, 1.807) is 12.1 Å². The highest BCUT2D eigenvalue weighted by molar-refractivity contribution is 6.40. The third-order valence-corrected chi connectivity index (χ3v) is 2.37. The molecule has 20 heavy (non-hydrogen) atoms. The Balaban J connectivity index is 2.67. The molecule has 0 bridgehead atoms. The molecule has 0 heterocycles. The van der Waals surface area contributed by atoms with E-state index in [0.717, 1.165) is 5.69 Å². The quantitative estimate of drug-likeness (QED) is 0.273. The first-order valence-corrected chi connectivity index (χ1v) is 5.73. The van der Waals surface area contributed by atoms with Crippen LogP contribution in [-0.2, 0) is 19.4 Å². The van der Waals surface area contributed by atoms with Gasteiger partial charge in [0.15, 0.2) is 0 Å². The zero-order valence-electron chi connectivity index (χ0n) is 11.5. The average Bonchev–Trinajstić information content (AvgIpc) is 2.43. The largest absolute Gasteiger partial charge is 0.426 e. The highest BCUT2D eigenvalue weighted by atomic mass is 17.2. The molecule has 0 aliphatic heterocycles. The van der Waals surface area contributed by atoms with E-state index in [1.807, 2.05) is 19.0 Å². The monoisotopic (exact) mass is 277 g/mol. The number of anilines is 1. The highest BCUT2D eigenvalue weighted by Crippen LogP contribution is 2.13. The van der Waals surface area contributed by atoms with Gasteiger partial charge in [-0.2, -0.15) is 0 Å². The lowest BCUT2D eigenvalue weighted by molar-refractivity contribution is -0.250. The highest BCUT2D eigenvalue weighted by Gasteiger charge is 2.21. The number of carbonyl (C=O) groups is 3. The van der Waals surface area contributed by atoms with Crippen molar-refractivity contribution in [2.75, 3.05) is 19.0 Å². The molecule has 0 unspecified atom stereocenters. The molecule has 106 valence electrons. The molecule has 0 aromatic heterocycles. The van der Waals surface area contributed by atoms with Gasteiger partial charge in [-0.1, -0.05) is 6.58 Å². The van der Waals surface area contributed by atoms with Gasteiger partial charge in [0.05, 0.1) is 0 Å². The molecule has 6 heteroatoms. The summed E-state index contributed by atoms with van der Waals surface area (Å²) in [6.07, 6.45) is 0. The third kappa shape index (κ3) is 3.94. The molecule has 1 aromatic carbocycles. The molecular weight excluding hydrogens is 262 g/mol. The molecule has 0 N–H and O–H groups in total. The minimum Gasteiger partial charge on any atom is -0.378 e. The molecule has 0 amide bonds. The van der Waals surface area contributed by atoms with Crippen molar-refractivity contribution in [3.8, 4) is 0 Å². The normalized spacial score (nSPS) is 9.55. The van der Waals surface area contributed by atoms with E-state index in [9.17, 15) is 14.4 Å². The molecule has 6 nitrogen and oxygen atoms in total. The van der Waals surface area contributed by atoms with Gasteiger partial charge in [-0.05, 0) is 31.2 Å². The van der Waals surface area contributed by atoms with E-state index in [0.29, 0.717) is 0 Å². The van der Waals surface area contributed by atoms with Crippen LogP contribution in [0.15, 0.2) is 36.4 Å². The molecule has 0 atom stereocenters. The number of hydrogen-bond acceptors (Lipinski definition) is 6. The summed E-state index contributed by atoms with van der Waals surface area (Å²) < 4.78 is 0. The molecule has 0 aliphatic rings. The summed E-state index contributed by atoms with van der Waals surface area (Å²) in [6.45, 7) is 4.69. The summed E-state index contributed by atoms with van der Waals surface area (Å²) in [5, 5.41) is 0. The summed E-state index contributed by atoms with van der Waals surface area (Å²) in [7, 11) is 3.70. The van der Waals surface area contributed by atoms with Crippen LogP contribution in [0.5, 0.6) is 0 Å². The lowest BCUT2D eigenvalue weighted by Crippen LogP contribution is -2.20. The van der Waals surface area contributed by atoms with E-state index in [4.69, 9.17) is 0 Å². The predicted molar refractivity (Wildman–Crippen MR) is 72.1 cm³/mol. The zero-order chi connectivity index (χ0) is 15.3. The van der Waals surface area contributed by atoms with Crippen molar-refractivity contribution in [1.82, 2.24) is 0 Å². The van der Waals surface area contributed by atoms with Crippen molar-refractivity contribution >= 4 is 23.4 Å². The summed E-state index contributed by atoms with van der Waals surface area (Å²) in [4.78, 5) is 44.3. The molecule has 0 radical (unpaired) electrons. The van der Waals surface area contributed by atoms with Crippen LogP contribution in [0.4, 0.5) is 5.69 Å². The van der Waals surface area contributed by atoms with Crippen molar-refractivity contribution in [3.05, 3.63) is 42.0 Å². The fourth-order valence-electron chi connectivity index (χ4n) is 1.21. The fraction of sp³-hybridized carbons (Fsp3) is 0.214. The Hall–Kier alpha value is -2.63. The maximum Gasteiger partial charge on any atom is 0.426 e. The number of nitrogens with zero attached hydrogens (tertiary/aromatic N) is 1. The van der Waals surface area contributed by atoms with E-state index >= 15 is 0 Å². The van der Waals surface area contributed by atoms with Crippen molar-refractivity contribution in [3.63, 3.8) is 0 Å². The minimum atomic E-state index is -1.27. The van der Waals surface area contributed by atoms with Gasteiger partial charge in [0.1, 0.15) is 0 Å². The molecule has 0 spiro atoms. The van der Waals surface area contributed by atoms with Gasteiger partial charge < -0.3 is 4.90 Å². The summed E-state index contributed by atoms with van der Waals surface area (Å²) in [5.41, 5.74) is 1.08. The number of rotatable bonds is 4. The Morgan fingerprint density at radius 2 is 1.50 bits per heavy atom. The number of ketones is 1. The standard InChI is InChI=1S/C14H15NO5/c1-9(2)13(17)19-20-14(18)12(16)10-5-7-11(8-6-10)15(3)4/h5-8H,1H2,2-4H3.